The molecule has 0 amide bonds. The zero-order valence-electron chi connectivity index (χ0n) is 12.1. The lowest BCUT2D eigenvalue weighted by Gasteiger charge is -2.34. The fourth-order valence-electron chi connectivity index (χ4n) is 2.30. The minimum atomic E-state index is -0.748. The average molecular weight is 254 g/mol. The van der Waals surface area contributed by atoms with Crippen molar-refractivity contribution in [3.63, 3.8) is 0 Å². The van der Waals surface area contributed by atoms with Gasteiger partial charge in [0.15, 0.2) is 0 Å². The van der Waals surface area contributed by atoms with Crippen molar-refractivity contribution in [1.29, 1.82) is 0 Å². The van der Waals surface area contributed by atoms with Crippen LogP contribution in [0.5, 0.6) is 0 Å². The lowest BCUT2D eigenvalue weighted by atomic mass is 10.0. The molecule has 1 heterocycles. The SMILES string of the molecule is CCC(N)C(c1ccc(C)o1)N(C)CC(C)(C)O. The number of furan rings is 1. The average Bonchev–Trinajstić information content (AvgIpc) is 2.62. The van der Waals surface area contributed by atoms with Crippen molar-refractivity contribution in [3.8, 4) is 0 Å². The molecule has 0 aliphatic carbocycles. The number of likely N-dealkylation sites (N-methyl/N-ethyl adjacent to an activating group) is 1. The van der Waals surface area contributed by atoms with Crippen LogP contribution >= 0.6 is 0 Å². The predicted molar refractivity (Wildman–Crippen MR) is 73.4 cm³/mol. The van der Waals surface area contributed by atoms with Crippen molar-refractivity contribution in [2.45, 2.75) is 51.8 Å². The van der Waals surface area contributed by atoms with Gasteiger partial charge in [-0.25, -0.2) is 0 Å². The monoisotopic (exact) mass is 254 g/mol. The van der Waals surface area contributed by atoms with Gasteiger partial charge in [-0.15, -0.1) is 0 Å². The van der Waals surface area contributed by atoms with Gasteiger partial charge in [0.1, 0.15) is 11.5 Å². The van der Waals surface area contributed by atoms with Gasteiger partial charge in [0, 0.05) is 12.6 Å². The van der Waals surface area contributed by atoms with Crippen LogP contribution in [0.15, 0.2) is 16.5 Å². The lowest BCUT2D eigenvalue weighted by molar-refractivity contribution is 0.0229. The topological polar surface area (TPSA) is 62.6 Å². The van der Waals surface area contributed by atoms with Gasteiger partial charge in [-0.1, -0.05) is 6.92 Å². The van der Waals surface area contributed by atoms with Gasteiger partial charge in [0.05, 0.1) is 11.6 Å². The van der Waals surface area contributed by atoms with Crippen LogP contribution in [0.2, 0.25) is 0 Å². The van der Waals surface area contributed by atoms with E-state index in [9.17, 15) is 5.11 Å². The Kier molecular flexibility index (Phi) is 4.96. The molecule has 2 atom stereocenters. The summed E-state index contributed by atoms with van der Waals surface area (Å²) < 4.78 is 5.70. The molecule has 1 aromatic rings. The summed E-state index contributed by atoms with van der Waals surface area (Å²) in [5.41, 5.74) is 5.45. The minimum absolute atomic E-state index is 0.00451. The standard InChI is InChI=1S/C14H26N2O2/c1-6-11(15)13(12-8-7-10(2)18-12)16(5)9-14(3,4)17/h7-8,11,13,17H,6,9,15H2,1-5H3. The van der Waals surface area contributed by atoms with E-state index in [0.717, 1.165) is 17.9 Å². The first kappa shape index (κ1) is 15.2. The summed E-state index contributed by atoms with van der Waals surface area (Å²) in [5, 5.41) is 9.93. The van der Waals surface area contributed by atoms with Crippen molar-refractivity contribution in [2.75, 3.05) is 13.6 Å². The highest BCUT2D eigenvalue weighted by Crippen LogP contribution is 2.26. The molecule has 0 spiro atoms. The molecule has 0 aliphatic rings. The Labute approximate surface area is 110 Å². The van der Waals surface area contributed by atoms with Crippen LogP contribution in [0.4, 0.5) is 0 Å². The third-order valence-electron chi connectivity index (χ3n) is 3.04. The van der Waals surface area contributed by atoms with Gasteiger partial charge in [-0.2, -0.15) is 0 Å². The quantitative estimate of drug-likeness (QED) is 0.816. The summed E-state index contributed by atoms with van der Waals surface area (Å²) in [6.07, 6.45) is 0.862. The number of nitrogens with two attached hydrogens (primary N) is 1. The molecule has 2 unspecified atom stereocenters. The summed E-state index contributed by atoms with van der Waals surface area (Å²) in [7, 11) is 1.97. The van der Waals surface area contributed by atoms with E-state index >= 15 is 0 Å². The van der Waals surface area contributed by atoms with Crippen molar-refractivity contribution in [3.05, 3.63) is 23.7 Å². The molecule has 1 aromatic heterocycles. The van der Waals surface area contributed by atoms with Crippen LogP contribution in [-0.4, -0.2) is 35.2 Å². The third kappa shape index (κ3) is 4.12. The van der Waals surface area contributed by atoms with Crippen LogP contribution in [0.25, 0.3) is 0 Å². The highest BCUT2D eigenvalue weighted by atomic mass is 16.3. The zero-order chi connectivity index (χ0) is 13.9. The van der Waals surface area contributed by atoms with Gasteiger partial charge >= 0.3 is 0 Å². The molecule has 3 N–H and O–H groups in total. The Hall–Kier alpha value is -0.840. The van der Waals surface area contributed by atoms with Crippen LogP contribution in [0.1, 0.15) is 44.8 Å². The molecule has 18 heavy (non-hydrogen) atoms. The molecular weight excluding hydrogens is 228 g/mol. The van der Waals surface area contributed by atoms with Gasteiger partial charge in [0.2, 0.25) is 0 Å². The van der Waals surface area contributed by atoms with Crippen LogP contribution < -0.4 is 5.73 Å². The molecule has 0 saturated carbocycles. The second-order valence-corrected chi connectivity index (χ2v) is 5.69. The fraction of sp³-hybridized carbons (Fsp3) is 0.714. The van der Waals surface area contributed by atoms with Crippen LogP contribution in [0, 0.1) is 6.92 Å². The van der Waals surface area contributed by atoms with E-state index in [1.54, 1.807) is 13.8 Å². The van der Waals surface area contributed by atoms with E-state index in [1.165, 1.54) is 0 Å². The summed E-state index contributed by atoms with van der Waals surface area (Å²) in [5.74, 6) is 1.75. The van der Waals surface area contributed by atoms with Gasteiger partial charge in [0.25, 0.3) is 0 Å². The Morgan fingerprint density at radius 3 is 2.44 bits per heavy atom. The maximum absolute atomic E-state index is 9.93. The van der Waals surface area contributed by atoms with Gasteiger partial charge in [-0.3, -0.25) is 4.90 Å². The Morgan fingerprint density at radius 1 is 1.44 bits per heavy atom. The first-order chi connectivity index (χ1) is 8.24. The van der Waals surface area contributed by atoms with Crippen LogP contribution in [0.3, 0.4) is 0 Å². The van der Waals surface area contributed by atoms with Gasteiger partial charge in [-0.05, 0) is 46.4 Å². The van der Waals surface area contributed by atoms with E-state index < -0.39 is 5.60 Å². The minimum Gasteiger partial charge on any atom is -0.465 e. The molecule has 0 bridgehead atoms. The maximum atomic E-state index is 9.93. The molecule has 104 valence electrons. The predicted octanol–water partition coefficient (Wildman–Crippen LogP) is 2.07. The summed E-state index contributed by atoms with van der Waals surface area (Å²) in [6.45, 7) is 8.13. The molecule has 0 fully saturated rings. The first-order valence-corrected chi connectivity index (χ1v) is 6.49. The normalized spacial score (nSPS) is 16.0. The van der Waals surface area contributed by atoms with Crippen molar-refractivity contribution in [2.24, 2.45) is 5.73 Å². The summed E-state index contributed by atoms with van der Waals surface area (Å²) >= 11 is 0. The van der Waals surface area contributed by atoms with E-state index in [-0.39, 0.29) is 12.1 Å². The molecule has 0 aliphatic heterocycles. The number of aryl methyl sites for hydroxylation is 1. The van der Waals surface area contributed by atoms with E-state index in [0.29, 0.717) is 6.54 Å². The molecule has 0 saturated heterocycles. The Morgan fingerprint density at radius 2 is 2.06 bits per heavy atom. The smallest absolute Gasteiger partial charge is 0.122 e. The van der Waals surface area contributed by atoms with Crippen molar-refractivity contribution in [1.82, 2.24) is 4.90 Å². The molecule has 0 aromatic carbocycles. The maximum Gasteiger partial charge on any atom is 0.122 e. The zero-order valence-corrected chi connectivity index (χ0v) is 12.1. The second-order valence-electron chi connectivity index (χ2n) is 5.69. The highest BCUT2D eigenvalue weighted by Gasteiger charge is 2.29. The van der Waals surface area contributed by atoms with Crippen LogP contribution in [-0.2, 0) is 0 Å². The number of hydrogen-bond acceptors (Lipinski definition) is 4. The largest absolute Gasteiger partial charge is 0.465 e. The van der Waals surface area contributed by atoms with E-state index in [2.05, 4.69) is 11.8 Å². The van der Waals surface area contributed by atoms with Crippen molar-refractivity contribution < 1.29 is 9.52 Å². The second kappa shape index (κ2) is 5.87. The lowest BCUT2D eigenvalue weighted by Crippen LogP contribution is -2.44. The Bertz CT molecular complexity index is 368. The van der Waals surface area contributed by atoms with E-state index in [4.69, 9.17) is 10.2 Å². The number of aliphatic hydroxyl groups is 1. The van der Waals surface area contributed by atoms with Gasteiger partial charge < -0.3 is 15.3 Å². The molecule has 4 heteroatoms. The molecular formula is C14H26N2O2. The Balaban J connectivity index is 2.92. The third-order valence-corrected chi connectivity index (χ3v) is 3.04. The number of hydrogen-bond donors (Lipinski definition) is 2. The summed E-state index contributed by atoms with van der Waals surface area (Å²) in [4.78, 5) is 2.06. The highest BCUT2D eigenvalue weighted by molar-refractivity contribution is 5.12. The van der Waals surface area contributed by atoms with E-state index in [1.807, 2.05) is 26.1 Å². The molecule has 4 nitrogen and oxygen atoms in total. The van der Waals surface area contributed by atoms with Crippen molar-refractivity contribution >= 4 is 0 Å². The molecule has 1 rings (SSSR count). The first-order valence-electron chi connectivity index (χ1n) is 6.49. The molecule has 0 radical (unpaired) electrons. The number of rotatable bonds is 6. The number of nitrogens with zero attached hydrogens (tertiary/aromatic N) is 1. The fourth-order valence-corrected chi connectivity index (χ4v) is 2.30. The summed E-state index contributed by atoms with van der Waals surface area (Å²) in [6, 6.07) is 3.90.